The Morgan fingerprint density at radius 3 is 2.49 bits per heavy atom. The summed E-state index contributed by atoms with van der Waals surface area (Å²) in [7, 11) is 0. The van der Waals surface area contributed by atoms with E-state index in [0.717, 1.165) is 86.2 Å². The summed E-state index contributed by atoms with van der Waals surface area (Å²) in [6, 6.07) is 15.9. The smallest absolute Gasteiger partial charge is 0.328 e. The second-order valence-corrected chi connectivity index (χ2v) is 9.73. The zero-order chi connectivity index (χ0) is 24.7. The number of rotatable bonds is 9. The molecule has 0 bridgehead atoms. The van der Waals surface area contributed by atoms with Gasteiger partial charge in [0.25, 0.3) is 0 Å². The summed E-state index contributed by atoms with van der Waals surface area (Å²) < 4.78 is 5.21. The first-order valence-electron chi connectivity index (χ1n) is 12.5. The molecule has 2 aromatic carbocycles. The maximum atomic E-state index is 12.5. The molecule has 0 radical (unpaired) electrons. The largest absolute Gasteiger partial charge is 0.478 e. The van der Waals surface area contributed by atoms with E-state index < -0.39 is 5.97 Å². The Bertz CT molecular complexity index is 1070. The quantitative estimate of drug-likeness (QED) is 0.307. The first-order valence-corrected chi connectivity index (χ1v) is 12.5. The molecule has 2 aliphatic rings. The molecule has 1 aliphatic heterocycles. The topological polar surface area (TPSA) is 83.9 Å². The Morgan fingerprint density at radius 1 is 1.06 bits per heavy atom. The van der Waals surface area contributed by atoms with Gasteiger partial charge in [0.1, 0.15) is 0 Å². The molecule has 184 valence electrons. The van der Waals surface area contributed by atoms with Crippen LogP contribution in [0.15, 0.2) is 54.6 Å². The predicted octanol–water partition coefficient (Wildman–Crippen LogP) is 5.19. The molecule has 6 heteroatoms. The summed E-state index contributed by atoms with van der Waals surface area (Å²) >= 11 is 0. The van der Waals surface area contributed by atoms with E-state index in [0.29, 0.717) is 13.0 Å². The molecule has 1 aliphatic carbocycles. The Morgan fingerprint density at radius 2 is 1.80 bits per heavy atom. The molecule has 0 aromatic heterocycles. The van der Waals surface area contributed by atoms with Crippen molar-refractivity contribution in [3.05, 3.63) is 71.3 Å². The monoisotopic (exact) mass is 475 g/mol. The van der Waals surface area contributed by atoms with Gasteiger partial charge in [0.15, 0.2) is 0 Å². The van der Waals surface area contributed by atoms with Gasteiger partial charge in [-0.05, 0) is 73.4 Å². The lowest BCUT2D eigenvalue weighted by Crippen LogP contribution is -2.51. The average Bonchev–Trinajstić information content (AvgIpc) is 2.87. The number of hydrogen-bond donors (Lipinski definition) is 1. The van der Waals surface area contributed by atoms with Crippen LogP contribution < -0.4 is 4.90 Å². The van der Waals surface area contributed by atoms with Crippen molar-refractivity contribution in [1.82, 2.24) is 0 Å². The standard InChI is InChI=1S/C29H33NO5/c31-21-30(26-8-4-6-22(19-26)13-14-27(32)33)29(15-2-1-3-16-29)20-24-11-9-23(10-12-24)18-25-7-5-17-35-28(25)34/h4,6,8-14,19,21,25H,1-3,5,7,15-18,20H2,(H,32,33)/b14-13+. The van der Waals surface area contributed by atoms with Crippen LogP contribution in [0.5, 0.6) is 0 Å². The number of anilines is 1. The summed E-state index contributed by atoms with van der Waals surface area (Å²) in [6.07, 6.45) is 11.9. The number of hydrogen-bond acceptors (Lipinski definition) is 4. The van der Waals surface area contributed by atoms with Crippen molar-refractivity contribution in [2.45, 2.75) is 63.3 Å². The molecule has 1 heterocycles. The van der Waals surface area contributed by atoms with E-state index in [2.05, 4.69) is 24.3 Å². The van der Waals surface area contributed by atoms with E-state index in [1.54, 1.807) is 6.08 Å². The lowest BCUT2D eigenvalue weighted by atomic mass is 9.76. The highest BCUT2D eigenvalue weighted by Crippen LogP contribution is 2.39. The number of carboxylic acids is 1. The fourth-order valence-electron chi connectivity index (χ4n) is 5.49. The molecule has 2 aromatic rings. The number of benzene rings is 2. The van der Waals surface area contributed by atoms with Crippen molar-refractivity contribution in [3.8, 4) is 0 Å². The molecule has 1 amide bonds. The van der Waals surface area contributed by atoms with E-state index in [1.807, 2.05) is 29.2 Å². The Labute approximate surface area is 206 Å². The molecule has 35 heavy (non-hydrogen) atoms. The van der Waals surface area contributed by atoms with Gasteiger partial charge in [-0.2, -0.15) is 0 Å². The van der Waals surface area contributed by atoms with E-state index in [1.165, 1.54) is 0 Å². The molecule has 1 unspecified atom stereocenters. The first-order chi connectivity index (χ1) is 17.0. The van der Waals surface area contributed by atoms with Crippen LogP contribution in [0.1, 0.15) is 61.6 Å². The molecule has 4 rings (SSSR count). The molecule has 6 nitrogen and oxygen atoms in total. The van der Waals surface area contributed by atoms with Crippen molar-refractivity contribution in [2.75, 3.05) is 11.5 Å². The minimum absolute atomic E-state index is 0.0627. The van der Waals surface area contributed by atoms with Gasteiger partial charge in [-0.25, -0.2) is 4.79 Å². The number of ether oxygens (including phenoxy) is 1. The number of cyclic esters (lactones) is 1. The Hall–Kier alpha value is -3.41. The number of nitrogens with zero attached hydrogens (tertiary/aromatic N) is 1. The van der Waals surface area contributed by atoms with E-state index >= 15 is 0 Å². The van der Waals surface area contributed by atoms with Crippen LogP contribution in [0.25, 0.3) is 6.08 Å². The van der Waals surface area contributed by atoms with Crippen LogP contribution in [0.4, 0.5) is 5.69 Å². The second-order valence-electron chi connectivity index (χ2n) is 9.73. The minimum atomic E-state index is -1.00. The normalized spacial score (nSPS) is 19.8. The summed E-state index contributed by atoms with van der Waals surface area (Å²) in [5.41, 5.74) is 3.48. The van der Waals surface area contributed by atoms with Gasteiger partial charge in [0.05, 0.1) is 18.1 Å². The van der Waals surface area contributed by atoms with E-state index in [-0.39, 0.29) is 17.4 Å². The van der Waals surface area contributed by atoms with Crippen LogP contribution in [-0.2, 0) is 32.0 Å². The third-order valence-corrected chi connectivity index (χ3v) is 7.28. The van der Waals surface area contributed by atoms with Crippen molar-refractivity contribution in [3.63, 3.8) is 0 Å². The number of carbonyl (C=O) groups is 3. The average molecular weight is 476 g/mol. The zero-order valence-electron chi connectivity index (χ0n) is 20.0. The Balaban J connectivity index is 1.55. The van der Waals surface area contributed by atoms with E-state index in [4.69, 9.17) is 9.84 Å². The van der Waals surface area contributed by atoms with Gasteiger partial charge in [0, 0.05) is 11.8 Å². The number of carboxylic acid groups (broad SMARTS) is 1. The SMILES string of the molecule is O=CN(c1cccc(/C=C/C(=O)O)c1)C1(Cc2ccc(CC3CCCOC3=O)cc2)CCCCC1. The summed E-state index contributed by atoms with van der Waals surface area (Å²) in [5, 5.41) is 8.96. The second kappa shape index (κ2) is 11.3. The molecule has 1 atom stereocenters. The fourth-order valence-corrected chi connectivity index (χ4v) is 5.49. The summed E-state index contributed by atoms with van der Waals surface area (Å²) in [4.78, 5) is 37.3. The van der Waals surface area contributed by atoms with Crippen LogP contribution in [-0.4, -0.2) is 35.6 Å². The van der Waals surface area contributed by atoms with Crippen molar-refractivity contribution >= 4 is 30.1 Å². The number of amides is 1. The van der Waals surface area contributed by atoms with Crippen molar-refractivity contribution in [1.29, 1.82) is 0 Å². The fraction of sp³-hybridized carbons (Fsp3) is 0.414. The maximum absolute atomic E-state index is 12.5. The van der Waals surface area contributed by atoms with Crippen LogP contribution in [0.3, 0.4) is 0 Å². The number of aliphatic carboxylic acids is 1. The molecular weight excluding hydrogens is 442 g/mol. The zero-order valence-corrected chi connectivity index (χ0v) is 20.0. The molecule has 2 fully saturated rings. The van der Waals surface area contributed by atoms with Crippen LogP contribution in [0, 0.1) is 5.92 Å². The van der Waals surface area contributed by atoms with Crippen molar-refractivity contribution in [2.24, 2.45) is 5.92 Å². The highest BCUT2D eigenvalue weighted by atomic mass is 16.5. The third kappa shape index (κ3) is 6.18. The van der Waals surface area contributed by atoms with Crippen molar-refractivity contribution < 1.29 is 24.2 Å². The van der Waals surface area contributed by atoms with Gasteiger partial charge in [-0.3, -0.25) is 9.59 Å². The molecule has 1 saturated carbocycles. The summed E-state index contributed by atoms with van der Waals surface area (Å²) in [6.45, 7) is 0.530. The predicted molar refractivity (Wildman–Crippen MR) is 135 cm³/mol. The highest BCUT2D eigenvalue weighted by Gasteiger charge is 2.38. The van der Waals surface area contributed by atoms with E-state index in [9.17, 15) is 14.4 Å². The lowest BCUT2D eigenvalue weighted by molar-refractivity contribution is -0.152. The molecule has 1 N–H and O–H groups in total. The molecular formula is C29H33NO5. The number of carbonyl (C=O) groups excluding carboxylic acids is 2. The van der Waals surface area contributed by atoms with Gasteiger partial charge >= 0.3 is 11.9 Å². The number of esters is 1. The minimum Gasteiger partial charge on any atom is -0.478 e. The van der Waals surface area contributed by atoms with Gasteiger partial charge < -0.3 is 14.7 Å². The first kappa shape index (κ1) is 24.7. The Kier molecular flexibility index (Phi) is 8.01. The van der Waals surface area contributed by atoms with Crippen LogP contribution >= 0.6 is 0 Å². The van der Waals surface area contributed by atoms with Gasteiger partial charge in [-0.1, -0.05) is 55.7 Å². The summed E-state index contributed by atoms with van der Waals surface area (Å²) in [5.74, 6) is -1.16. The highest BCUT2D eigenvalue weighted by molar-refractivity contribution is 5.86. The third-order valence-electron chi connectivity index (χ3n) is 7.28. The van der Waals surface area contributed by atoms with Crippen LogP contribution in [0.2, 0.25) is 0 Å². The van der Waals surface area contributed by atoms with Gasteiger partial charge in [-0.15, -0.1) is 0 Å². The molecule has 1 saturated heterocycles. The van der Waals surface area contributed by atoms with Gasteiger partial charge in [0.2, 0.25) is 6.41 Å². The maximum Gasteiger partial charge on any atom is 0.328 e. The lowest BCUT2D eigenvalue weighted by Gasteiger charge is -2.45. The molecule has 0 spiro atoms.